The van der Waals surface area contributed by atoms with Crippen molar-refractivity contribution in [2.45, 2.75) is 13.0 Å². The van der Waals surface area contributed by atoms with Gasteiger partial charge >= 0.3 is 0 Å². The average molecular weight is 446 g/mol. The third-order valence-corrected chi connectivity index (χ3v) is 5.85. The van der Waals surface area contributed by atoms with Gasteiger partial charge in [0.05, 0.1) is 15.7 Å². The summed E-state index contributed by atoms with van der Waals surface area (Å²) in [5.41, 5.74) is 3.69. The van der Waals surface area contributed by atoms with Crippen molar-refractivity contribution in [3.05, 3.63) is 86.5 Å². The summed E-state index contributed by atoms with van der Waals surface area (Å²) in [5, 5.41) is 12.3. The number of hydrogen-bond acceptors (Lipinski definition) is 3. The number of halogens is 3. The summed E-state index contributed by atoms with van der Waals surface area (Å²) in [4.78, 5) is 6.90. The molecule has 1 aromatic heterocycles. The molecule has 1 N–H and O–H groups in total. The van der Waals surface area contributed by atoms with E-state index in [1.807, 2.05) is 30.3 Å². The van der Waals surface area contributed by atoms with Crippen molar-refractivity contribution in [3.8, 4) is 5.75 Å². The van der Waals surface area contributed by atoms with Gasteiger partial charge < -0.3 is 5.11 Å². The van der Waals surface area contributed by atoms with Crippen molar-refractivity contribution in [1.29, 1.82) is 0 Å². The van der Waals surface area contributed by atoms with Crippen LogP contribution in [0.5, 0.6) is 5.75 Å². The van der Waals surface area contributed by atoms with Gasteiger partial charge in [-0.3, -0.25) is 4.90 Å². The highest BCUT2D eigenvalue weighted by molar-refractivity contribution is 6.39. The molecule has 1 aliphatic heterocycles. The smallest absolute Gasteiger partial charge is 0.160 e. The van der Waals surface area contributed by atoms with E-state index in [4.69, 9.17) is 34.8 Å². The maximum atomic E-state index is 10.2. The minimum absolute atomic E-state index is 0.0453. The fourth-order valence-electron chi connectivity index (χ4n) is 3.37. The van der Waals surface area contributed by atoms with Crippen LogP contribution in [0, 0.1) is 0 Å². The third-order valence-electron chi connectivity index (χ3n) is 4.99. The largest absolute Gasteiger partial charge is 0.504 e. The molecule has 0 atom stereocenters. The van der Waals surface area contributed by atoms with Crippen LogP contribution < -0.4 is 0 Å². The number of rotatable bonds is 4. The summed E-state index contributed by atoms with van der Waals surface area (Å²) in [5.74, 6) is -0.0453. The van der Waals surface area contributed by atoms with Crippen LogP contribution >= 0.6 is 34.8 Å². The van der Waals surface area contributed by atoms with Gasteiger partial charge in [0, 0.05) is 30.0 Å². The van der Waals surface area contributed by atoms with Crippen molar-refractivity contribution in [2.75, 3.05) is 13.1 Å². The summed E-state index contributed by atoms with van der Waals surface area (Å²) in [6, 6.07) is 13.3. The first-order chi connectivity index (χ1) is 14.0. The predicted molar refractivity (Wildman–Crippen MR) is 122 cm³/mol. The molecule has 148 valence electrons. The molecule has 0 unspecified atom stereocenters. The van der Waals surface area contributed by atoms with Crippen molar-refractivity contribution >= 4 is 51.8 Å². The minimum atomic E-state index is -0.0453. The number of aromatic hydroxyl groups is 1. The lowest BCUT2D eigenvalue weighted by Crippen LogP contribution is -2.27. The van der Waals surface area contributed by atoms with Crippen LogP contribution in [-0.4, -0.2) is 28.1 Å². The molecular formula is C23H19Cl3N2O. The molecular weight excluding hydrogens is 427 g/mol. The van der Waals surface area contributed by atoms with E-state index < -0.39 is 0 Å². The Morgan fingerprint density at radius 1 is 1.00 bits per heavy atom. The zero-order chi connectivity index (χ0) is 20.4. The van der Waals surface area contributed by atoms with Gasteiger partial charge in [-0.05, 0) is 54.0 Å². The van der Waals surface area contributed by atoms with E-state index in [1.54, 1.807) is 0 Å². The molecule has 0 radical (unpaired) electrons. The van der Waals surface area contributed by atoms with Crippen LogP contribution in [-0.2, 0) is 6.54 Å². The number of pyridine rings is 1. The monoisotopic (exact) mass is 444 g/mol. The first-order valence-corrected chi connectivity index (χ1v) is 10.4. The lowest BCUT2D eigenvalue weighted by Gasteiger charge is -2.25. The number of phenols is 1. The van der Waals surface area contributed by atoms with Crippen LogP contribution in [0.4, 0.5) is 0 Å². The summed E-state index contributed by atoms with van der Waals surface area (Å²) < 4.78 is 0. The number of benzene rings is 2. The van der Waals surface area contributed by atoms with Gasteiger partial charge in [-0.15, -0.1) is 0 Å². The second kappa shape index (κ2) is 8.76. The standard InChI is InChI=1S/C23H19Cl3N2O/c24-17-4-1-16(2-5-17)14-28-11-9-15(10-12-28)3-6-18-7-8-19-20(25)13-21(26)23(29)22(19)27-18/h1-9,13,29H,10-12,14H2/b6-3+. The van der Waals surface area contributed by atoms with Gasteiger partial charge in [0.1, 0.15) is 5.52 Å². The Balaban J connectivity index is 1.45. The van der Waals surface area contributed by atoms with Gasteiger partial charge in [-0.2, -0.15) is 0 Å². The van der Waals surface area contributed by atoms with Crippen LogP contribution in [0.15, 0.2) is 60.2 Å². The molecule has 0 saturated heterocycles. The topological polar surface area (TPSA) is 36.4 Å². The van der Waals surface area contributed by atoms with E-state index in [0.29, 0.717) is 15.9 Å². The van der Waals surface area contributed by atoms with E-state index in [-0.39, 0.29) is 10.8 Å². The number of hydrogen-bond donors (Lipinski definition) is 1. The molecule has 0 saturated carbocycles. The van der Waals surface area contributed by atoms with Gasteiger partial charge in [-0.25, -0.2) is 4.98 Å². The van der Waals surface area contributed by atoms with Crippen LogP contribution in [0.2, 0.25) is 15.1 Å². The maximum Gasteiger partial charge on any atom is 0.160 e. The Morgan fingerprint density at radius 2 is 1.79 bits per heavy atom. The number of fused-ring (bicyclic) bond motifs is 1. The van der Waals surface area contributed by atoms with Crippen molar-refractivity contribution in [1.82, 2.24) is 9.88 Å². The molecule has 6 heteroatoms. The first-order valence-electron chi connectivity index (χ1n) is 9.31. The normalized spacial score (nSPS) is 15.2. The van der Waals surface area contributed by atoms with E-state index in [1.165, 1.54) is 17.2 Å². The highest BCUT2D eigenvalue weighted by Gasteiger charge is 2.12. The molecule has 2 aromatic carbocycles. The number of aromatic nitrogens is 1. The number of phenolic OH excluding ortho intramolecular Hbond substituents is 1. The van der Waals surface area contributed by atoms with E-state index >= 15 is 0 Å². The molecule has 0 spiro atoms. The summed E-state index contributed by atoms with van der Waals surface area (Å²) >= 11 is 18.2. The summed E-state index contributed by atoms with van der Waals surface area (Å²) in [6.07, 6.45) is 7.24. The SMILES string of the molecule is Oc1c(Cl)cc(Cl)c2ccc(/C=C/C3=CCN(Cc4ccc(Cl)cc4)CC3)nc12. The Bertz CT molecular complexity index is 1110. The maximum absolute atomic E-state index is 10.2. The Morgan fingerprint density at radius 3 is 2.52 bits per heavy atom. The summed E-state index contributed by atoms with van der Waals surface area (Å²) in [7, 11) is 0. The fraction of sp³-hybridized carbons (Fsp3) is 0.174. The second-order valence-corrected chi connectivity index (χ2v) is 8.30. The molecule has 0 aliphatic carbocycles. The van der Waals surface area contributed by atoms with Gasteiger partial charge in [0.25, 0.3) is 0 Å². The zero-order valence-corrected chi connectivity index (χ0v) is 17.8. The molecule has 0 amide bonds. The molecule has 0 bridgehead atoms. The molecule has 0 fully saturated rings. The zero-order valence-electron chi connectivity index (χ0n) is 15.6. The van der Waals surface area contributed by atoms with Crippen molar-refractivity contribution in [2.24, 2.45) is 0 Å². The lowest BCUT2D eigenvalue weighted by atomic mass is 10.1. The van der Waals surface area contributed by atoms with Crippen molar-refractivity contribution in [3.63, 3.8) is 0 Å². The Hall–Kier alpha value is -2.04. The molecule has 3 nitrogen and oxygen atoms in total. The second-order valence-electron chi connectivity index (χ2n) is 7.05. The quantitative estimate of drug-likeness (QED) is 0.483. The van der Waals surface area contributed by atoms with Gasteiger partial charge in [0.2, 0.25) is 0 Å². The van der Waals surface area contributed by atoms with E-state index in [9.17, 15) is 5.11 Å². The molecule has 3 aromatic rings. The lowest BCUT2D eigenvalue weighted by molar-refractivity contribution is 0.287. The third kappa shape index (κ3) is 4.76. The first kappa shape index (κ1) is 20.2. The van der Waals surface area contributed by atoms with E-state index in [0.717, 1.165) is 36.8 Å². The van der Waals surface area contributed by atoms with E-state index in [2.05, 4.69) is 34.2 Å². The Labute approximate surface area is 184 Å². The highest BCUT2D eigenvalue weighted by Crippen LogP contribution is 2.36. The molecule has 4 rings (SSSR count). The average Bonchev–Trinajstić information content (AvgIpc) is 2.73. The Kier molecular flexibility index (Phi) is 6.12. The fourth-order valence-corrected chi connectivity index (χ4v) is 4.02. The minimum Gasteiger partial charge on any atom is -0.504 e. The molecule has 29 heavy (non-hydrogen) atoms. The molecule has 2 heterocycles. The highest BCUT2D eigenvalue weighted by atomic mass is 35.5. The van der Waals surface area contributed by atoms with Crippen LogP contribution in [0.1, 0.15) is 17.7 Å². The number of nitrogens with zero attached hydrogens (tertiary/aromatic N) is 2. The van der Waals surface area contributed by atoms with Crippen molar-refractivity contribution < 1.29 is 5.11 Å². The molecule has 1 aliphatic rings. The van der Waals surface area contributed by atoms with Gasteiger partial charge in [0.15, 0.2) is 5.75 Å². The summed E-state index contributed by atoms with van der Waals surface area (Å²) in [6.45, 7) is 2.81. The van der Waals surface area contributed by atoms with Crippen LogP contribution in [0.25, 0.3) is 17.0 Å². The number of allylic oxidation sites excluding steroid dienone is 1. The predicted octanol–water partition coefficient (Wildman–Crippen LogP) is 6.75. The van der Waals surface area contributed by atoms with Crippen LogP contribution in [0.3, 0.4) is 0 Å². The van der Waals surface area contributed by atoms with Gasteiger partial charge in [-0.1, -0.05) is 59.1 Å².